The monoisotopic (exact) mass is 366 g/mol. The SMILES string of the molecule is C=C(C)C(=O)Oc1ccc(-c2ccc(OC(=O)C(=C)COC)c(C)c2)cc1. The molecule has 0 spiro atoms. The number of ether oxygens (including phenoxy) is 3. The Balaban J connectivity index is 2.13. The number of rotatable bonds is 7. The molecule has 0 N–H and O–H groups in total. The molecule has 0 aliphatic heterocycles. The Hall–Kier alpha value is -3.18. The number of methoxy groups -OCH3 is 1. The zero-order valence-corrected chi connectivity index (χ0v) is 15.7. The Morgan fingerprint density at radius 3 is 2.11 bits per heavy atom. The molecule has 0 heterocycles. The molecule has 0 unspecified atom stereocenters. The number of benzene rings is 2. The van der Waals surface area contributed by atoms with Crippen LogP contribution in [0.25, 0.3) is 11.1 Å². The van der Waals surface area contributed by atoms with Crippen molar-refractivity contribution in [3.8, 4) is 22.6 Å². The fourth-order valence-electron chi connectivity index (χ4n) is 2.26. The summed E-state index contributed by atoms with van der Waals surface area (Å²) in [6.07, 6.45) is 0. The second-order valence-corrected chi connectivity index (χ2v) is 6.10. The molecule has 0 saturated carbocycles. The number of carbonyl (C=O) groups is 2. The maximum absolute atomic E-state index is 11.9. The van der Waals surface area contributed by atoms with Crippen molar-refractivity contribution in [3.63, 3.8) is 0 Å². The van der Waals surface area contributed by atoms with Crippen LogP contribution in [0, 0.1) is 6.92 Å². The van der Waals surface area contributed by atoms with Crippen LogP contribution < -0.4 is 9.47 Å². The largest absolute Gasteiger partial charge is 0.423 e. The molecule has 0 bridgehead atoms. The van der Waals surface area contributed by atoms with Crippen LogP contribution in [0.2, 0.25) is 0 Å². The van der Waals surface area contributed by atoms with Gasteiger partial charge in [0.15, 0.2) is 0 Å². The average molecular weight is 366 g/mol. The van der Waals surface area contributed by atoms with Crippen molar-refractivity contribution >= 4 is 11.9 Å². The second kappa shape index (κ2) is 8.96. The van der Waals surface area contributed by atoms with Crippen LogP contribution in [0.5, 0.6) is 11.5 Å². The van der Waals surface area contributed by atoms with Crippen LogP contribution >= 0.6 is 0 Å². The van der Waals surface area contributed by atoms with E-state index < -0.39 is 11.9 Å². The Labute approximate surface area is 158 Å². The van der Waals surface area contributed by atoms with Gasteiger partial charge in [-0.3, -0.25) is 0 Å². The van der Waals surface area contributed by atoms with Crippen molar-refractivity contribution in [2.24, 2.45) is 0 Å². The first-order valence-corrected chi connectivity index (χ1v) is 8.29. The highest BCUT2D eigenvalue weighted by atomic mass is 16.5. The smallest absolute Gasteiger partial charge is 0.341 e. The molecule has 0 aromatic heterocycles. The fraction of sp³-hybridized carbons (Fsp3) is 0.182. The molecule has 0 saturated heterocycles. The van der Waals surface area contributed by atoms with Crippen molar-refractivity contribution in [1.82, 2.24) is 0 Å². The van der Waals surface area contributed by atoms with Gasteiger partial charge in [-0.1, -0.05) is 31.4 Å². The van der Waals surface area contributed by atoms with E-state index in [1.807, 2.05) is 31.2 Å². The lowest BCUT2D eigenvalue weighted by Gasteiger charge is -2.11. The Bertz CT molecular complexity index is 878. The summed E-state index contributed by atoms with van der Waals surface area (Å²) in [6, 6.07) is 12.6. The molecule has 27 heavy (non-hydrogen) atoms. The Morgan fingerprint density at radius 2 is 1.56 bits per heavy atom. The third-order valence-electron chi connectivity index (χ3n) is 3.73. The minimum Gasteiger partial charge on any atom is -0.423 e. The van der Waals surface area contributed by atoms with E-state index in [0.717, 1.165) is 16.7 Å². The van der Waals surface area contributed by atoms with Crippen LogP contribution in [0.4, 0.5) is 0 Å². The molecule has 140 valence electrons. The zero-order valence-electron chi connectivity index (χ0n) is 15.7. The molecule has 0 atom stereocenters. The summed E-state index contributed by atoms with van der Waals surface area (Å²) in [5.41, 5.74) is 3.29. The summed E-state index contributed by atoms with van der Waals surface area (Å²) >= 11 is 0. The quantitative estimate of drug-likeness (QED) is 0.416. The van der Waals surface area contributed by atoms with E-state index in [2.05, 4.69) is 13.2 Å². The van der Waals surface area contributed by atoms with Crippen molar-refractivity contribution in [3.05, 3.63) is 72.3 Å². The van der Waals surface area contributed by atoms with Gasteiger partial charge in [0, 0.05) is 12.7 Å². The molecule has 0 radical (unpaired) electrons. The first-order chi connectivity index (χ1) is 12.8. The lowest BCUT2D eigenvalue weighted by molar-refractivity contribution is -0.131. The van der Waals surface area contributed by atoms with Crippen molar-refractivity contribution in [1.29, 1.82) is 0 Å². The highest BCUT2D eigenvalue weighted by Crippen LogP contribution is 2.28. The number of carbonyl (C=O) groups excluding carboxylic acids is 2. The minimum absolute atomic E-state index is 0.123. The molecule has 5 heteroatoms. The minimum atomic E-state index is -0.517. The molecule has 0 amide bonds. The molecule has 0 aliphatic carbocycles. The van der Waals surface area contributed by atoms with E-state index in [0.29, 0.717) is 17.1 Å². The second-order valence-electron chi connectivity index (χ2n) is 6.10. The summed E-state index contributed by atoms with van der Waals surface area (Å²) < 4.78 is 15.4. The van der Waals surface area contributed by atoms with Crippen molar-refractivity contribution in [2.45, 2.75) is 13.8 Å². The van der Waals surface area contributed by atoms with Gasteiger partial charge in [0.1, 0.15) is 11.5 Å². The molecule has 5 nitrogen and oxygen atoms in total. The topological polar surface area (TPSA) is 61.8 Å². The maximum atomic E-state index is 11.9. The molecule has 0 fully saturated rings. The number of hydrogen-bond donors (Lipinski definition) is 0. The first-order valence-electron chi connectivity index (χ1n) is 8.29. The summed E-state index contributed by atoms with van der Waals surface area (Å²) in [6.45, 7) is 10.8. The van der Waals surface area contributed by atoms with Crippen molar-refractivity contribution < 1.29 is 23.8 Å². The van der Waals surface area contributed by atoms with Gasteiger partial charge in [0.25, 0.3) is 0 Å². The lowest BCUT2D eigenvalue weighted by Crippen LogP contribution is -2.14. The molecule has 2 aromatic rings. The predicted octanol–water partition coefficient (Wildman–Crippen LogP) is 4.25. The van der Waals surface area contributed by atoms with Gasteiger partial charge < -0.3 is 14.2 Å². The van der Waals surface area contributed by atoms with E-state index in [4.69, 9.17) is 14.2 Å². The molecular weight excluding hydrogens is 344 g/mol. The summed E-state index contributed by atoms with van der Waals surface area (Å²) in [4.78, 5) is 23.5. The average Bonchev–Trinajstić information content (AvgIpc) is 2.64. The summed E-state index contributed by atoms with van der Waals surface area (Å²) in [5, 5.41) is 0. The van der Waals surface area contributed by atoms with Gasteiger partial charge in [-0.15, -0.1) is 0 Å². The number of esters is 2. The van der Waals surface area contributed by atoms with Gasteiger partial charge in [0.05, 0.1) is 12.2 Å². The fourth-order valence-corrected chi connectivity index (χ4v) is 2.26. The van der Waals surface area contributed by atoms with Gasteiger partial charge >= 0.3 is 11.9 Å². The van der Waals surface area contributed by atoms with Crippen LogP contribution in [0.1, 0.15) is 12.5 Å². The summed E-state index contributed by atoms with van der Waals surface area (Å²) in [7, 11) is 1.49. The van der Waals surface area contributed by atoms with Gasteiger partial charge in [-0.05, 0) is 54.8 Å². The van der Waals surface area contributed by atoms with Crippen LogP contribution in [0.3, 0.4) is 0 Å². The highest BCUT2D eigenvalue weighted by molar-refractivity contribution is 5.90. The van der Waals surface area contributed by atoms with Gasteiger partial charge in [0.2, 0.25) is 0 Å². The third kappa shape index (κ3) is 5.39. The van der Waals surface area contributed by atoms with Crippen molar-refractivity contribution in [2.75, 3.05) is 13.7 Å². The van der Waals surface area contributed by atoms with E-state index in [-0.39, 0.29) is 12.2 Å². The van der Waals surface area contributed by atoms with E-state index in [1.165, 1.54) is 7.11 Å². The van der Waals surface area contributed by atoms with E-state index in [1.54, 1.807) is 25.1 Å². The van der Waals surface area contributed by atoms with Crippen LogP contribution in [-0.4, -0.2) is 25.7 Å². The molecule has 0 aliphatic rings. The maximum Gasteiger partial charge on any atom is 0.341 e. The molecule has 2 rings (SSSR count). The van der Waals surface area contributed by atoms with E-state index in [9.17, 15) is 9.59 Å². The van der Waals surface area contributed by atoms with Gasteiger partial charge in [-0.2, -0.15) is 0 Å². The van der Waals surface area contributed by atoms with E-state index >= 15 is 0 Å². The standard InChI is InChI=1S/C22H22O5/c1-14(2)21(23)26-19-9-6-17(7-10-19)18-8-11-20(15(3)12-18)27-22(24)16(4)13-25-5/h6-12H,1,4,13H2,2-3,5H3. The number of aryl methyl sites for hydroxylation is 1. The lowest BCUT2D eigenvalue weighted by atomic mass is 10.0. The Kier molecular flexibility index (Phi) is 6.68. The Morgan fingerprint density at radius 1 is 0.926 bits per heavy atom. The van der Waals surface area contributed by atoms with Crippen LogP contribution in [-0.2, 0) is 14.3 Å². The molecule has 2 aromatic carbocycles. The third-order valence-corrected chi connectivity index (χ3v) is 3.73. The normalized spacial score (nSPS) is 10.2. The number of hydrogen-bond acceptors (Lipinski definition) is 5. The predicted molar refractivity (Wildman–Crippen MR) is 104 cm³/mol. The first kappa shape index (κ1) is 20.1. The molecular formula is C22H22O5. The zero-order chi connectivity index (χ0) is 20.0. The highest BCUT2D eigenvalue weighted by Gasteiger charge is 2.12. The summed E-state index contributed by atoms with van der Waals surface area (Å²) in [5.74, 6) is -0.0603. The van der Waals surface area contributed by atoms with Gasteiger partial charge in [-0.25, -0.2) is 9.59 Å². The van der Waals surface area contributed by atoms with Crippen LogP contribution in [0.15, 0.2) is 66.8 Å².